The van der Waals surface area contributed by atoms with Crippen LogP contribution in [-0.4, -0.2) is 13.1 Å². The topological polar surface area (TPSA) is 54.3 Å². The van der Waals surface area contributed by atoms with E-state index in [0.717, 1.165) is 37.2 Å². The average molecular weight is 324 g/mol. The number of rotatable bonds is 2. The van der Waals surface area contributed by atoms with Gasteiger partial charge in [0.2, 0.25) is 0 Å². The normalized spacial score (nSPS) is 19.9. The molecule has 5 heteroatoms. The number of fused-ring (bicyclic) bond motifs is 1. The molecule has 1 saturated heterocycles. The van der Waals surface area contributed by atoms with E-state index in [4.69, 9.17) is 14.7 Å². The van der Waals surface area contributed by atoms with Crippen LogP contribution in [0.1, 0.15) is 41.7 Å². The minimum Gasteiger partial charge on any atom is -0.447 e. The molecule has 0 aromatic heterocycles. The van der Waals surface area contributed by atoms with E-state index in [-0.39, 0.29) is 5.56 Å². The van der Waals surface area contributed by atoms with Crippen molar-refractivity contribution in [3.63, 3.8) is 0 Å². The molecule has 1 N–H and O–H groups in total. The van der Waals surface area contributed by atoms with E-state index in [0.29, 0.717) is 17.2 Å². The molecule has 122 valence electrons. The Hall–Kier alpha value is -2.58. The molecule has 4 rings (SSSR count). The lowest BCUT2D eigenvalue weighted by Gasteiger charge is -2.24. The van der Waals surface area contributed by atoms with Gasteiger partial charge in [-0.25, -0.2) is 4.39 Å². The molecule has 2 aromatic rings. The first kappa shape index (κ1) is 15.0. The molecule has 2 aromatic carbocycles. The zero-order chi connectivity index (χ0) is 16.5. The molecular weight excluding hydrogens is 307 g/mol. The number of benzene rings is 2. The Balaban J connectivity index is 1.63. The molecule has 2 aliphatic heterocycles. The fraction of sp³-hybridized carbons (Fsp3) is 0.316. The number of ether oxygens (including phenoxy) is 2. The molecule has 24 heavy (non-hydrogen) atoms. The number of nitrogens with one attached hydrogen (secondary N) is 1. The monoisotopic (exact) mass is 324 g/mol. The SMILES string of the molecule is N#Cc1ccc(C2Oc3cccc(C4CCNCC4)c3O2)c(F)c1. The molecular formula is C19H17FN2O2. The molecule has 2 heterocycles. The second-order valence-corrected chi connectivity index (χ2v) is 6.11. The van der Waals surface area contributed by atoms with Crippen molar-refractivity contribution >= 4 is 0 Å². The molecule has 0 bridgehead atoms. The van der Waals surface area contributed by atoms with Crippen LogP contribution in [0.25, 0.3) is 0 Å². The van der Waals surface area contributed by atoms with Crippen molar-refractivity contribution in [2.45, 2.75) is 25.0 Å². The quantitative estimate of drug-likeness (QED) is 0.916. The van der Waals surface area contributed by atoms with Gasteiger partial charge in [-0.2, -0.15) is 5.26 Å². The molecule has 0 saturated carbocycles. The summed E-state index contributed by atoms with van der Waals surface area (Å²) in [5.74, 6) is 1.31. The lowest BCUT2D eigenvalue weighted by molar-refractivity contribution is 0.0447. The van der Waals surface area contributed by atoms with Crippen molar-refractivity contribution in [1.82, 2.24) is 5.32 Å². The largest absolute Gasteiger partial charge is 0.447 e. The number of halogens is 1. The van der Waals surface area contributed by atoms with Gasteiger partial charge in [0.1, 0.15) is 5.82 Å². The van der Waals surface area contributed by atoms with Crippen LogP contribution in [0.3, 0.4) is 0 Å². The van der Waals surface area contributed by atoms with Gasteiger partial charge in [-0.15, -0.1) is 0 Å². The average Bonchev–Trinajstić information content (AvgIpc) is 3.06. The van der Waals surface area contributed by atoms with Crippen molar-refractivity contribution in [2.24, 2.45) is 0 Å². The fourth-order valence-electron chi connectivity index (χ4n) is 3.37. The maximum Gasteiger partial charge on any atom is 0.270 e. The number of para-hydroxylation sites is 1. The molecule has 0 radical (unpaired) electrons. The number of hydrogen-bond donors (Lipinski definition) is 1. The van der Waals surface area contributed by atoms with Crippen LogP contribution >= 0.6 is 0 Å². The Morgan fingerprint density at radius 1 is 1.08 bits per heavy atom. The summed E-state index contributed by atoms with van der Waals surface area (Å²) in [6.07, 6.45) is 1.29. The summed E-state index contributed by atoms with van der Waals surface area (Å²) in [5, 5.41) is 12.2. The Morgan fingerprint density at radius 2 is 1.92 bits per heavy atom. The second-order valence-electron chi connectivity index (χ2n) is 6.11. The van der Waals surface area contributed by atoms with Crippen LogP contribution in [0.5, 0.6) is 11.5 Å². The predicted molar refractivity (Wildman–Crippen MR) is 86.4 cm³/mol. The number of piperidine rings is 1. The third-order valence-corrected chi connectivity index (χ3v) is 4.63. The lowest BCUT2D eigenvalue weighted by atomic mass is 9.89. The summed E-state index contributed by atoms with van der Waals surface area (Å²) in [5.41, 5.74) is 1.72. The fourth-order valence-corrected chi connectivity index (χ4v) is 3.37. The summed E-state index contributed by atoms with van der Waals surface area (Å²) in [6, 6.07) is 12.1. The highest BCUT2D eigenvalue weighted by molar-refractivity contribution is 5.51. The lowest BCUT2D eigenvalue weighted by Crippen LogP contribution is -2.26. The molecule has 4 nitrogen and oxygen atoms in total. The smallest absolute Gasteiger partial charge is 0.270 e. The van der Waals surface area contributed by atoms with Crippen LogP contribution in [0.2, 0.25) is 0 Å². The van der Waals surface area contributed by atoms with Gasteiger partial charge in [-0.3, -0.25) is 0 Å². The van der Waals surface area contributed by atoms with Gasteiger partial charge < -0.3 is 14.8 Å². The summed E-state index contributed by atoms with van der Waals surface area (Å²) >= 11 is 0. The van der Waals surface area contributed by atoms with Gasteiger partial charge in [0.25, 0.3) is 6.29 Å². The van der Waals surface area contributed by atoms with E-state index in [2.05, 4.69) is 11.4 Å². The maximum atomic E-state index is 14.2. The maximum absolute atomic E-state index is 14.2. The minimum atomic E-state index is -0.810. The van der Waals surface area contributed by atoms with Crippen molar-refractivity contribution in [3.05, 3.63) is 58.9 Å². The number of nitrogens with zero attached hydrogens (tertiary/aromatic N) is 1. The Bertz CT molecular complexity index is 809. The molecule has 0 aliphatic carbocycles. The standard InChI is InChI=1S/C19H17FN2O2/c20-16-10-12(11-21)4-5-15(16)19-23-17-3-1-2-14(18(17)24-19)13-6-8-22-9-7-13/h1-5,10,13,19,22H,6-9H2. The van der Waals surface area contributed by atoms with Crippen molar-refractivity contribution in [3.8, 4) is 17.6 Å². The Kier molecular flexibility index (Phi) is 3.83. The summed E-state index contributed by atoms with van der Waals surface area (Å²) < 4.78 is 26.0. The van der Waals surface area contributed by atoms with E-state index in [1.807, 2.05) is 18.2 Å². The predicted octanol–water partition coefficient (Wildman–Crippen LogP) is 3.63. The molecule has 2 aliphatic rings. The van der Waals surface area contributed by atoms with Crippen molar-refractivity contribution in [2.75, 3.05) is 13.1 Å². The van der Waals surface area contributed by atoms with E-state index in [1.54, 1.807) is 12.1 Å². The molecule has 0 spiro atoms. The summed E-state index contributed by atoms with van der Waals surface area (Å²) in [4.78, 5) is 0. The van der Waals surface area contributed by atoms with Gasteiger partial charge in [0.05, 0.1) is 17.2 Å². The van der Waals surface area contributed by atoms with Crippen LogP contribution in [-0.2, 0) is 0 Å². The summed E-state index contributed by atoms with van der Waals surface area (Å²) in [6.45, 7) is 1.98. The minimum absolute atomic E-state index is 0.280. The Morgan fingerprint density at radius 3 is 2.67 bits per heavy atom. The number of nitriles is 1. The first-order chi connectivity index (χ1) is 11.8. The van der Waals surface area contributed by atoms with E-state index in [9.17, 15) is 4.39 Å². The van der Waals surface area contributed by atoms with Crippen LogP contribution < -0.4 is 14.8 Å². The zero-order valence-electron chi connectivity index (χ0n) is 13.1. The zero-order valence-corrected chi connectivity index (χ0v) is 13.1. The van der Waals surface area contributed by atoms with E-state index >= 15 is 0 Å². The van der Waals surface area contributed by atoms with Crippen molar-refractivity contribution in [1.29, 1.82) is 5.26 Å². The van der Waals surface area contributed by atoms with Gasteiger partial charge in [-0.1, -0.05) is 12.1 Å². The van der Waals surface area contributed by atoms with Gasteiger partial charge in [-0.05, 0) is 56.1 Å². The first-order valence-electron chi connectivity index (χ1n) is 8.13. The third-order valence-electron chi connectivity index (χ3n) is 4.63. The van der Waals surface area contributed by atoms with Gasteiger partial charge >= 0.3 is 0 Å². The molecule has 1 fully saturated rings. The van der Waals surface area contributed by atoms with Gasteiger partial charge in [0.15, 0.2) is 11.5 Å². The van der Waals surface area contributed by atoms with Crippen LogP contribution in [0.15, 0.2) is 36.4 Å². The molecule has 1 atom stereocenters. The van der Waals surface area contributed by atoms with Crippen molar-refractivity contribution < 1.29 is 13.9 Å². The highest BCUT2D eigenvalue weighted by atomic mass is 19.1. The Labute approximate surface area is 139 Å². The van der Waals surface area contributed by atoms with Gasteiger partial charge in [0, 0.05) is 5.56 Å². The third kappa shape index (κ3) is 2.59. The molecule has 1 unspecified atom stereocenters. The highest BCUT2D eigenvalue weighted by Crippen LogP contribution is 2.46. The first-order valence-corrected chi connectivity index (χ1v) is 8.13. The molecule has 0 amide bonds. The highest BCUT2D eigenvalue weighted by Gasteiger charge is 2.32. The van der Waals surface area contributed by atoms with E-state index < -0.39 is 12.1 Å². The second kappa shape index (κ2) is 6.14. The van der Waals surface area contributed by atoms with E-state index in [1.165, 1.54) is 6.07 Å². The summed E-state index contributed by atoms with van der Waals surface area (Å²) in [7, 11) is 0. The van der Waals surface area contributed by atoms with Crippen LogP contribution in [0.4, 0.5) is 4.39 Å². The number of hydrogen-bond acceptors (Lipinski definition) is 4. The van der Waals surface area contributed by atoms with Crippen LogP contribution in [0, 0.1) is 17.1 Å².